The van der Waals surface area contributed by atoms with Crippen molar-refractivity contribution < 1.29 is 4.79 Å². The summed E-state index contributed by atoms with van der Waals surface area (Å²) >= 11 is 3.48. The van der Waals surface area contributed by atoms with Gasteiger partial charge in [0, 0.05) is 23.5 Å². The first kappa shape index (κ1) is 15.4. The standard InChI is InChI=1S/C15H17BrN4O/c1-11-4-5-12(13(16)9-11)6-7-15(21)17-8-2-3-14-18-10-19-20-14/h4-7,9-10H,2-3,8H2,1H3,(H,17,21)(H,18,19,20). The molecule has 2 N–H and O–H groups in total. The van der Waals surface area contributed by atoms with Crippen molar-refractivity contribution in [3.05, 3.63) is 52.0 Å². The maximum Gasteiger partial charge on any atom is 0.243 e. The molecule has 0 bridgehead atoms. The van der Waals surface area contributed by atoms with Crippen molar-refractivity contribution in [3.63, 3.8) is 0 Å². The Morgan fingerprint density at radius 1 is 1.48 bits per heavy atom. The number of aromatic nitrogens is 3. The second-order valence-electron chi connectivity index (χ2n) is 4.69. The molecular formula is C15H17BrN4O. The number of hydrogen-bond donors (Lipinski definition) is 2. The van der Waals surface area contributed by atoms with Crippen molar-refractivity contribution in [1.29, 1.82) is 0 Å². The molecule has 0 unspecified atom stereocenters. The predicted molar refractivity (Wildman–Crippen MR) is 85.6 cm³/mol. The van der Waals surface area contributed by atoms with Crippen molar-refractivity contribution in [1.82, 2.24) is 20.5 Å². The first-order chi connectivity index (χ1) is 10.1. The molecule has 0 fully saturated rings. The summed E-state index contributed by atoms with van der Waals surface area (Å²) in [5.74, 6) is 0.739. The molecule has 0 aliphatic heterocycles. The average Bonchev–Trinajstić information content (AvgIpc) is 2.96. The van der Waals surface area contributed by atoms with Crippen molar-refractivity contribution in [2.24, 2.45) is 0 Å². The number of aromatic amines is 1. The molecule has 0 saturated heterocycles. The quantitative estimate of drug-likeness (QED) is 0.622. The lowest BCUT2D eigenvalue weighted by Gasteiger charge is -2.02. The number of rotatable bonds is 6. The highest BCUT2D eigenvalue weighted by Crippen LogP contribution is 2.19. The van der Waals surface area contributed by atoms with Crippen LogP contribution >= 0.6 is 15.9 Å². The van der Waals surface area contributed by atoms with Crippen LogP contribution in [0, 0.1) is 6.92 Å². The Hall–Kier alpha value is -1.95. The molecule has 110 valence electrons. The molecular weight excluding hydrogens is 332 g/mol. The fourth-order valence-corrected chi connectivity index (χ4v) is 2.44. The van der Waals surface area contributed by atoms with Gasteiger partial charge in [-0.3, -0.25) is 9.89 Å². The minimum atomic E-state index is -0.0972. The van der Waals surface area contributed by atoms with E-state index in [2.05, 4.69) is 36.4 Å². The summed E-state index contributed by atoms with van der Waals surface area (Å²) in [5.41, 5.74) is 2.16. The van der Waals surface area contributed by atoms with Crippen LogP contribution in [0.3, 0.4) is 0 Å². The van der Waals surface area contributed by atoms with E-state index in [0.717, 1.165) is 28.7 Å². The zero-order valence-electron chi connectivity index (χ0n) is 11.8. The smallest absolute Gasteiger partial charge is 0.243 e. The highest BCUT2D eigenvalue weighted by molar-refractivity contribution is 9.10. The number of amides is 1. The third kappa shape index (κ3) is 5.15. The largest absolute Gasteiger partial charge is 0.353 e. The van der Waals surface area contributed by atoms with E-state index in [1.165, 1.54) is 11.9 Å². The number of halogens is 1. The van der Waals surface area contributed by atoms with Gasteiger partial charge < -0.3 is 5.32 Å². The maximum atomic E-state index is 11.7. The third-order valence-electron chi connectivity index (χ3n) is 2.92. The lowest BCUT2D eigenvalue weighted by molar-refractivity contribution is -0.116. The summed E-state index contributed by atoms with van der Waals surface area (Å²) in [5, 5.41) is 9.41. The normalized spacial score (nSPS) is 11.0. The molecule has 0 aliphatic rings. The summed E-state index contributed by atoms with van der Waals surface area (Å²) in [7, 11) is 0. The number of carbonyl (C=O) groups is 1. The molecule has 0 atom stereocenters. The first-order valence-corrected chi connectivity index (χ1v) is 7.51. The lowest BCUT2D eigenvalue weighted by atomic mass is 10.1. The Morgan fingerprint density at radius 3 is 3.05 bits per heavy atom. The van der Waals surface area contributed by atoms with E-state index in [1.807, 2.05) is 25.1 Å². The number of benzene rings is 1. The molecule has 5 nitrogen and oxygen atoms in total. The maximum absolute atomic E-state index is 11.7. The zero-order chi connectivity index (χ0) is 15.1. The molecule has 0 radical (unpaired) electrons. The summed E-state index contributed by atoms with van der Waals surface area (Å²) in [6, 6.07) is 6.02. The minimum Gasteiger partial charge on any atom is -0.353 e. The summed E-state index contributed by atoms with van der Waals surface area (Å²) in [6.45, 7) is 2.64. The highest BCUT2D eigenvalue weighted by Gasteiger charge is 1.99. The fraction of sp³-hybridized carbons (Fsp3) is 0.267. The van der Waals surface area contributed by atoms with E-state index >= 15 is 0 Å². The molecule has 1 amide bonds. The Labute approximate surface area is 132 Å². The van der Waals surface area contributed by atoms with Crippen LogP contribution in [-0.4, -0.2) is 27.6 Å². The van der Waals surface area contributed by atoms with Crippen LogP contribution in [0.25, 0.3) is 6.08 Å². The number of H-pyrrole nitrogens is 1. The molecule has 2 aromatic rings. The van der Waals surface area contributed by atoms with Gasteiger partial charge in [-0.15, -0.1) is 0 Å². The number of hydrogen-bond acceptors (Lipinski definition) is 3. The van der Waals surface area contributed by atoms with Gasteiger partial charge in [0.15, 0.2) is 0 Å². The van der Waals surface area contributed by atoms with Gasteiger partial charge in [-0.05, 0) is 36.6 Å². The highest BCUT2D eigenvalue weighted by atomic mass is 79.9. The van der Waals surface area contributed by atoms with Crippen molar-refractivity contribution in [2.75, 3.05) is 6.54 Å². The fourth-order valence-electron chi connectivity index (χ4n) is 1.81. The average molecular weight is 349 g/mol. The third-order valence-corrected chi connectivity index (χ3v) is 3.61. The van der Waals surface area contributed by atoms with Crippen molar-refractivity contribution in [3.8, 4) is 0 Å². The SMILES string of the molecule is Cc1ccc(C=CC(=O)NCCCc2ncn[nH]2)c(Br)c1. The van der Waals surface area contributed by atoms with Gasteiger partial charge in [-0.2, -0.15) is 5.10 Å². The van der Waals surface area contributed by atoms with E-state index in [1.54, 1.807) is 12.2 Å². The van der Waals surface area contributed by atoms with Gasteiger partial charge in [-0.1, -0.05) is 28.1 Å². The minimum absolute atomic E-state index is 0.0972. The molecule has 1 aromatic carbocycles. The van der Waals surface area contributed by atoms with Gasteiger partial charge in [0.2, 0.25) is 5.91 Å². The molecule has 0 saturated carbocycles. The Balaban J connectivity index is 1.74. The first-order valence-electron chi connectivity index (χ1n) is 6.71. The van der Waals surface area contributed by atoms with Crippen LogP contribution in [0.15, 0.2) is 35.1 Å². The van der Waals surface area contributed by atoms with E-state index in [-0.39, 0.29) is 5.91 Å². The zero-order valence-corrected chi connectivity index (χ0v) is 13.4. The second kappa shape index (κ2) is 7.73. The summed E-state index contributed by atoms with van der Waals surface area (Å²) in [6.07, 6.45) is 6.42. The lowest BCUT2D eigenvalue weighted by Crippen LogP contribution is -2.22. The van der Waals surface area contributed by atoms with Crippen molar-refractivity contribution in [2.45, 2.75) is 19.8 Å². The van der Waals surface area contributed by atoms with Crippen LogP contribution in [0.4, 0.5) is 0 Å². The van der Waals surface area contributed by atoms with E-state index in [0.29, 0.717) is 6.54 Å². The van der Waals surface area contributed by atoms with Crippen LogP contribution in [0.5, 0.6) is 0 Å². The Morgan fingerprint density at radius 2 is 2.33 bits per heavy atom. The predicted octanol–water partition coefficient (Wildman–Crippen LogP) is 2.64. The van der Waals surface area contributed by atoms with E-state index in [9.17, 15) is 4.79 Å². The van der Waals surface area contributed by atoms with Crippen LogP contribution < -0.4 is 5.32 Å². The second-order valence-corrected chi connectivity index (χ2v) is 5.54. The Bertz CT molecular complexity index is 623. The van der Waals surface area contributed by atoms with Crippen LogP contribution in [0.2, 0.25) is 0 Å². The Kier molecular flexibility index (Phi) is 5.68. The van der Waals surface area contributed by atoms with Gasteiger partial charge in [0.25, 0.3) is 0 Å². The van der Waals surface area contributed by atoms with E-state index in [4.69, 9.17) is 0 Å². The summed E-state index contributed by atoms with van der Waals surface area (Å²) in [4.78, 5) is 15.7. The number of carbonyl (C=O) groups excluding carboxylic acids is 1. The van der Waals surface area contributed by atoms with E-state index < -0.39 is 0 Å². The molecule has 0 spiro atoms. The van der Waals surface area contributed by atoms with Crippen molar-refractivity contribution >= 4 is 27.9 Å². The molecule has 21 heavy (non-hydrogen) atoms. The van der Waals surface area contributed by atoms with Crippen LogP contribution in [0.1, 0.15) is 23.4 Å². The molecule has 6 heteroatoms. The van der Waals surface area contributed by atoms with Gasteiger partial charge in [-0.25, -0.2) is 4.98 Å². The van der Waals surface area contributed by atoms with Crippen LogP contribution in [-0.2, 0) is 11.2 Å². The van der Waals surface area contributed by atoms with Gasteiger partial charge in [0.05, 0.1) is 0 Å². The molecule has 1 aromatic heterocycles. The number of nitrogens with one attached hydrogen (secondary N) is 2. The molecule has 2 rings (SSSR count). The topological polar surface area (TPSA) is 70.7 Å². The molecule has 0 aliphatic carbocycles. The van der Waals surface area contributed by atoms with Gasteiger partial charge in [0.1, 0.15) is 12.2 Å². The molecule has 1 heterocycles. The summed E-state index contributed by atoms with van der Waals surface area (Å²) < 4.78 is 0.983. The number of aryl methyl sites for hydroxylation is 2. The van der Waals surface area contributed by atoms with Gasteiger partial charge >= 0.3 is 0 Å². The monoisotopic (exact) mass is 348 g/mol. The number of nitrogens with zero attached hydrogens (tertiary/aromatic N) is 2.